The van der Waals surface area contributed by atoms with Gasteiger partial charge in [-0.1, -0.05) is 6.58 Å². The first-order chi connectivity index (χ1) is 6.27. The number of hydrogen-bond donors (Lipinski definition) is 1. The Kier molecular flexibility index (Phi) is 2.92. The van der Waals surface area contributed by atoms with Gasteiger partial charge in [-0.25, -0.2) is 0 Å². The molecular formula is C9H13F3O2. The van der Waals surface area contributed by atoms with E-state index in [1.807, 2.05) is 0 Å². The van der Waals surface area contributed by atoms with Crippen LogP contribution < -0.4 is 0 Å². The molecule has 0 spiro atoms. The highest BCUT2D eigenvalue weighted by molar-refractivity contribution is 5.15. The van der Waals surface area contributed by atoms with Crippen LogP contribution in [0.1, 0.15) is 19.8 Å². The van der Waals surface area contributed by atoms with E-state index in [2.05, 4.69) is 6.58 Å². The minimum absolute atomic E-state index is 0.388. The van der Waals surface area contributed by atoms with E-state index in [0.717, 1.165) is 0 Å². The Morgan fingerprint density at radius 2 is 2.14 bits per heavy atom. The SMILES string of the molecule is C=C(C(O)C1(C)CCCO1)C(F)(F)F. The maximum atomic E-state index is 12.2. The lowest BCUT2D eigenvalue weighted by atomic mass is 9.90. The van der Waals surface area contributed by atoms with Gasteiger partial charge in [-0.15, -0.1) is 0 Å². The van der Waals surface area contributed by atoms with Crippen LogP contribution in [0, 0.1) is 0 Å². The van der Waals surface area contributed by atoms with Crippen LogP contribution in [0.15, 0.2) is 12.2 Å². The summed E-state index contributed by atoms with van der Waals surface area (Å²) in [5.41, 5.74) is -2.27. The van der Waals surface area contributed by atoms with E-state index in [9.17, 15) is 18.3 Å². The van der Waals surface area contributed by atoms with Crippen molar-refractivity contribution in [1.29, 1.82) is 0 Å². The number of alkyl halides is 3. The first-order valence-electron chi connectivity index (χ1n) is 4.35. The molecule has 1 fully saturated rings. The molecule has 1 aliphatic rings. The molecule has 0 radical (unpaired) electrons. The van der Waals surface area contributed by atoms with E-state index in [1.54, 1.807) is 0 Å². The molecule has 1 saturated heterocycles. The summed E-state index contributed by atoms with van der Waals surface area (Å²) in [4.78, 5) is 0. The second kappa shape index (κ2) is 3.55. The second-order valence-corrected chi connectivity index (χ2v) is 3.69. The largest absolute Gasteiger partial charge is 0.414 e. The maximum Gasteiger partial charge on any atom is 0.414 e. The lowest BCUT2D eigenvalue weighted by Gasteiger charge is -2.31. The molecule has 5 heteroatoms. The Labute approximate surface area is 80.4 Å². The zero-order chi connectivity index (χ0) is 11.0. The van der Waals surface area contributed by atoms with E-state index < -0.39 is 23.5 Å². The van der Waals surface area contributed by atoms with Gasteiger partial charge in [0.1, 0.15) is 6.10 Å². The quantitative estimate of drug-likeness (QED) is 0.707. The van der Waals surface area contributed by atoms with E-state index in [-0.39, 0.29) is 0 Å². The van der Waals surface area contributed by atoms with Crippen LogP contribution in [-0.4, -0.2) is 29.6 Å². The lowest BCUT2D eigenvalue weighted by molar-refractivity contribution is -0.132. The highest BCUT2D eigenvalue weighted by atomic mass is 19.4. The van der Waals surface area contributed by atoms with Gasteiger partial charge in [-0.05, 0) is 19.8 Å². The fourth-order valence-electron chi connectivity index (χ4n) is 1.54. The third kappa shape index (κ3) is 2.09. The summed E-state index contributed by atoms with van der Waals surface area (Å²) in [7, 11) is 0. The smallest absolute Gasteiger partial charge is 0.385 e. The maximum absolute atomic E-state index is 12.2. The van der Waals surface area contributed by atoms with Crippen LogP contribution >= 0.6 is 0 Å². The number of hydrogen-bond acceptors (Lipinski definition) is 2. The Hall–Kier alpha value is -0.550. The van der Waals surface area contributed by atoms with Gasteiger partial charge in [-0.2, -0.15) is 13.2 Å². The van der Waals surface area contributed by atoms with Crippen molar-refractivity contribution in [2.45, 2.75) is 37.6 Å². The summed E-state index contributed by atoms with van der Waals surface area (Å²) < 4.78 is 41.7. The van der Waals surface area contributed by atoms with Crippen LogP contribution in [-0.2, 0) is 4.74 Å². The molecule has 0 aromatic rings. The molecule has 0 aromatic heterocycles. The number of rotatable bonds is 2. The second-order valence-electron chi connectivity index (χ2n) is 3.69. The molecule has 1 rings (SSSR count). The average molecular weight is 210 g/mol. The predicted molar refractivity (Wildman–Crippen MR) is 44.8 cm³/mol. The van der Waals surface area contributed by atoms with Crippen molar-refractivity contribution in [1.82, 2.24) is 0 Å². The number of halogens is 3. The topological polar surface area (TPSA) is 29.5 Å². The minimum atomic E-state index is -4.56. The summed E-state index contributed by atoms with van der Waals surface area (Å²) >= 11 is 0. The van der Waals surface area contributed by atoms with Crippen molar-refractivity contribution < 1.29 is 23.0 Å². The van der Waals surface area contributed by atoms with Crippen LogP contribution in [0.5, 0.6) is 0 Å². The fraction of sp³-hybridized carbons (Fsp3) is 0.778. The van der Waals surface area contributed by atoms with Crippen molar-refractivity contribution in [3.8, 4) is 0 Å². The first-order valence-corrected chi connectivity index (χ1v) is 4.35. The normalized spacial score (nSPS) is 30.4. The minimum Gasteiger partial charge on any atom is -0.385 e. The molecule has 0 amide bonds. The van der Waals surface area contributed by atoms with E-state index in [1.165, 1.54) is 6.92 Å². The van der Waals surface area contributed by atoms with Crippen LogP contribution in [0.2, 0.25) is 0 Å². The Bertz CT molecular complexity index is 229. The molecule has 2 unspecified atom stereocenters. The van der Waals surface area contributed by atoms with Crippen LogP contribution in [0.25, 0.3) is 0 Å². The van der Waals surface area contributed by atoms with E-state index in [4.69, 9.17) is 4.74 Å². The predicted octanol–water partition coefficient (Wildman–Crippen LogP) is 2.03. The molecule has 0 aliphatic carbocycles. The van der Waals surface area contributed by atoms with Gasteiger partial charge in [0, 0.05) is 6.61 Å². The van der Waals surface area contributed by atoms with Gasteiger partial charge in [0.15, 0.2) is 0 Å². The number of aliphatic hydroxyl groups excluding tert-OH is 1. The monoisotopic (exact) mass is 210 g/mol. The Morgan fingerprint density at radius 3 is 2.50 bits per heavy atom. The van der Waals surface area contributed by atoms with E-state index >= 15 is 0 Å². The molecular weight excluding hydrogens is 197 g/mol. The molecule has 14 heavy (non-hydrogen) atoms. The van der Waals surface area contributed by atoms with Crippen molar-refractivity contribution in [3.63, 3.8) is 0 Å². The van der Waals surface area contributed by atoms with Gasteiger partial charge >= 0.3 is 6.18 Å². The molecule has 2 atom stereocenters. The average Bonchev–Trinajstić information content (AvgIpc) is 2.49. The van der Waals surface area contributed by atoms with Crippen LogP contribution in [0.3, 0.4) is 0 Å². The molecule has 0 bridgehead atoms. The molecule has 0 aromatic carbocycles. The third-order valence-electron chi connectivity index (χ3n) is 2.52. The Balaban J connectivity index is 2.74. The molecule has 2 nitrogen and oxygen atoms in total. The summed E-state index contributed by atoms with van der Waals surface area (Å²) in [6.45, 7) is 4.72. The van der Waals surface area contributed by atoms with Gasteiger partial charge in [0.25, 0.3) is 0 Å². The van der Waals surface area contributed by atoms with Crippen molar-refractivity contribution >= 4 is 0 Å². The van der Waals surface area contributed by atoms with Crippen molar-refractivity contribution in [2.75, 3.05) is 6.61 Å². The summed E-state index contributed by atoms with van der Waals surface area (Å²) in [6.07, 6.45) is -5.15. The van der Waals surface area contributed by atoms with Crippen LogP contribution in [0.4, 0.5) is 13.2 Å². The molecule has 0 saturated carbocycles. The molecule has 82 valence electrons. The third-order valence-corrected chi connectivity index (χ3v) is 2.52. The van der Waals surface area contributed by atoms with Gasteiger partial charge in [0.2, 0.25) is 0 Å². The lowest BCUT2D eigenvalue weighted by Crippen LogP contribution is -2.43. The fourth-order valence-corrected chi connectivity index (χ4v) is 1.54. The highest BCUT2D eigenvalue weighted by Gasteiger charge is 2.46. The van der Waals surface area contributed by atoms with E-state index in [0.29, 0.717) is 19.4 Å². The zero-order valence-electron chi connectivity index (χ0n) is 7.90. The van der Waals surface area contributed by atoms with Gasteiger partial charge in [0.05, 0.1) is 11.2 Å². The molecule has 1 aliphatic heterocycles. The number of aliphatic hydroxyl groups is 1. The summed E-state index contributed by atoms with van der Waals surface area (Å²) in [5, 5.41) is 9.47. The molecule has 1 N–H and O–H groups in total. The standard InChI is InChI=1S/C9H13F3O2/c1-6(9(10,11)12)7(13)8(2)4-3-5-14-8/h7,13H,1,3-5H2,2H3. The first kappa shape index (κ1) is 11.5. The highest BCUT2D eigenvalue weighted by Crippen LogP contribution is 2.37. The van der Waals surface area contributed by atoms with Crippen molar-refractivity contribution in [3.05, 3.63) is 12.2 Å². The number of ether oxygens (including phenoxy) is 1. The van der Waals surface area contributed by atoms with Gasteiger partial charge in [-0.3, -0.25) is 0 Å². The van der Waals surface area contributed by atoms with Crippen molar-refractivity contribution in [2.24, 2.45) is 0 Å². The molecule has 1 heterocycles. The Morgan fingerprint density at radius 1 is 1.57 bits per heavy atom. The summed E-state index contributed by atoms with van der Waals surface area (Å²) in [6, 6.07) is 0. The van der Waals surface area contributed by atoms with Gasteiger partial charge < -0.3 is 9.84 Å². The zero-order valence-corrected chi connectivity index (χ0v) is 7.90. The summed E-state index contributed by atoms with van der Waals surface area (Å²) in [5.74, 6) is 0.